The molecule has 26 heteroatoms. The van der Waals surface area contributed by atoms with E-state index in [1.807, 2.05) is 0 Å². The van der Waals surface area contributed by atoms with Crippen LogP contribution in [-0.4, -0.2) is 200 Å². The predicted octanol–water partition coefficient (Wildman–Crippen LogP) is -0.675. The third-order valence-corrected chi connectivity index (χ3v) is 12.5. The Morgan fingerprint density at radius 3 is 1.66 bits per heavy atom. The minimum absolute atomic E-state index is 0.0193. The summed E-state index contributed by atoms with van der Waals surface area (Å²) in [7, 11) is 0. The quantitative estimate of drug-likeness (QED) is 0.0252. The Balaban J connectivity index is 1.13. The van der Waals surface area contributed by atoms with E-state index in [0.717, 1.165) is 42.5 Å². The molecule has 1 aromatic heterocycles. The Morgan fingerprint density at radius 1 is 0.506 bits per heavy atom. The van der Waals surface area contributed by atoms with Crippen LogP contribution in [0.25, 0.3) is 34.4 Å². The Bertz CT molecular complexity index is 2950. The van der Waals surface area contributed by atoms with Crippen LogP contribution in [0.1, 0.15) is 11.1 Å². The number of aliphatic hydroxyl groups is 9. The van der Waals surface area contributed by atoms with Crippen LogP contribution in [-0.2, 0) is 38.0 Å². The second-order valence-electron chi connectivity index (χ2n) is 17.8. The van der Waals surface area contributed by atoms with Crippen LogP contribution >= 0.6 is 0 Å². The maximum atomic E-state index is 12.9. The first-order valence-electron chi connectivity index (χ1n) is 23.4. The first-order valence-corrected chi connectivity index (χ1v) is 23.4. The van der Waals surface area contributed by atoms with E-state index < -0.39 is 158 Å². The van der Waals surface area contributed by atoms with Gasteiger partial charge in [0.15, 0.2) is 35.4 Å². The van der Waals surface area contributed by atoms with Crippen molar-refractivity contribution in [2.24, 2.45) is 0 Å². The molecule has 3 aliphatic rings. The zero-order valence-corrected chi connectivity index (χ0v) is 39.8. The minimum atomic E-state index is -2.17. The summed E-state index contributed by atoms with van der Waals surface area (Å²) in [6.45, 7) is -2.41. The summed E-state index contributed by atoms with van der Waals surface area (Å²) in [5.74, 6) is -5.82. The summed E-state index contributed by atoms with van der Waals surface area (Å²) in [6.07, 6.45) is -24.2. The molecule has 4 aromatic carbocycles. The molecule has 77 heavy (non-hydrogen) atoms. The van der Waals surface area contributed by atoms with E-state index in [1.165, 1.54) is 60.7 Å². The van der Waals surface area contributed by atoms with E-state index in [4.69, 9.17) is 42.3 Å². The Hall–Kier alpha value is -7.41. The molecule has 3 aliphatic heterocycles. The van der Waals surface area contributed by atoms with Crippen LogP contribution in [0.15, 0.2) is 95.4 Å². The van der Waals surface area contributed by atoms with Crippen molar-refractivity contribution in [1.29, 1.82) is 0 Å². The van der Waals surface area contributed by atoms with Gasteiger partial charge < -0.3 is 114 Å². The maximum absolute atomic E-state index is 12.9. The van der Waals surface area contributed by atoms with Crippen molar-refractivity contribution in [3.05, 3.63) is 102 Å². The molecule has 15 atom stereocenters. The number of phenolic OH excluding ortho intramolecular Hbond substituents is 6. The molecule has 0 bridgehead atoms. The molecule has 0 saturated carbocycles. The van der Waals surface area contributed by atoms with Gasteiger partial charge in [0.25, 0.3) is 0 Å². The highest BCUT2D eigenvalue weighted by molar-refractivity contribution is 5.89. The fourth-order valence-electron chi connectivity index (χ4n) is 8.22. The maximum Gasteiger partial charge on any atom is 0.402 e. The predicted molar refractivity (Wildman–Crippen MR) is 256 cm³/mol. The third kappa shape index (κ3) is 12.7. The Kier molecular flexibility index (Phi) is 17.3. The minimum Gasteiger partial charge on any atom is -0.508 e. The van der Waals surface area contributed by atoms with E-state index in [2.05, 4.69) is 0 Å². The first-order chi connectivity index (χ1) is 36.7. The number of fused-ring (bicyclic) bond motifs is 1. The van der Waals surface area contributed by atoms with Crippen LogP contribution < -0.4 is 9.47 Å². The molecule has 26 nitrogen and oxygen atoms in total. The highest BCUT2D eigenvalue weighted by Gasteiger charge is 2.53. The van der Waals surface area contributed by atoms with Gasteiger partial charge in [0.1, 0.15) is 103 Å². The lowest BCUT2D eigenvalue weighted by atomic mass is 9.97. The van der Waals surface area contributed by atoms with Gasteiger partial charge in [0, 0.05) is 30.4 Å². The number of hydrogen-bond donors (Lipinski definition) is 15. The van der Waals surface area contributed by atoms with Crippen molar-refractivity contribution >= 4 is 35.1 Å². The van der Waals surface area contributed by atoms with Crippen LogP contribution in [0.2, 0.25) is 0 Å². The van der Waals surface area contributed by atoms with Gasteiger partial charge >= 0.3 is 23.3 Å². The first kappa shape index (κ1) is 55.8. The highest BCUT2D eigenvalue weighted by Crippen LogP contribution is 2.44. The van der Waals surface area contributed by atoms with E-state index in [-0.39, 0.29) is 39.4 Å². The van der Waals surface area contributed by atoms with Crippen molar-refractivity contribution in [2.45, 2.75) is 92.1 Å². The van der Waals surface area contributed by atoms with Crippen molar-refractivity contribution in [2.75, 3.05) is 19.8 Å². The summed E-state index contributed by atoms with van der Waals surface area (Å²) in [5.41, 5.74) is 0.493. The average molecular weight is 1080 g/mol. The second-order valence-corrected chi connectivity index (χ2v) is 17.8. The van der Waals surface area contributed by atoms with Crippen molar-refractivity contribution in [3.63, 3.8) is 0 Å². The van der Waals surface area contributed by atoms with E-state index in [1.54, 1.807) is 0 Å². The van der Waals surface area contributed by atoms with E-state index in [9.17, 15) is 86.2 Å². The molecule has 412 valence electrons. The normalized spacial score (nSPS) is 29.6. The number of esters is 2. The number of aromatic hydroxyl groups is 6. The van der Waals surface area contributed by atoms with Gasteiger partial charge in [-0.15, -0.1) is 0 Å². The van der Waals surface area contributed by atoms with Crippen LogP contribution in [0.5, 0.6) is 46.0 Å². The van der Waals surface area contributed by atoms with Gasteiger partial charge in [-0.3, -0.25) is 0 Å². The van der Waals surface area contributed by atoms with Gasteiger partial charge in [-0.25, -0.2) is 14.0 Å². The molecular formula is C51H53O26+. The van der Waals surface area contributed by atoms with Crippen molar-refractivity contribution < 1.29 is 128 Å². The number of carbonyl (C=O) groups is 2. The molecule has 3 fully saturated rings. The molecule has 0 radical (unpaired) electrons. The molecular weight excluding hydrogens is 1030 g/mol. The van der Waals surface area contributed by atoms with Crippen LogP contribution in [0, 0.1) is 0 Å². The molecule has 3 saturated heterocycles. The number of benzene rings is 4. The molecule has 0 aliphatic carbocycles. The summed E-state index contributed by atoms with van der Waals surface area (Å²) < 4.78 is 52.4. The highest BCUT2D eigenvalue weighted by atomic mass is 16.8. The van der Waals surface area contributed by atoms with Gasteiger partial charge in [0.2, 0.25) is 18.3 Å². The molecule has 15 N–H and O–H groups in total. The zero-order valence-electron chi connectivity index (χ0n) is 39.8. The summed E-state index contributed by atoms with van der Waals surface area (Å²) >= 11 is 0. The lowest BCUT2D eigenvalue weighted by Gasteiger charge is -2.45. The molecule has 0 amide bonds. The lowest BCUT2D eigenvalue weighted by Crippen LogP contribution is -2.65. The van der Waals surface area contributed by atoms with Gasteiger partial charge in [-0.1, -0.05) is 18.2 Å². The third-order valence-electron chi connectivity index (χ3n) is 12.5. The SMILES string of the molecule is O=C(C=Cc1ccc(O)c(O)c1)OC[C@@H]1O[C@@H](Oc2cc3c(O[C@@H]4O[C@@H](CO)[C@@H](O)[C@H](O)[C@H]4O)cc(O)cc3[o+]c2-c2ccc(O)c(O)c2)[C@@H](O[C@@H]2O[C@H](COC(=O)C=Cc3ccc(O)cc3)[C@@H](O)[C@H](O)[C@H]2O)[C@@H](O)[C@@H]1O. The number of carbonyl (C=O) groups excluding carboxylic acids is 2. The topological polar surface area (TPSA) is 423 Å². The van der Waals surface area contributed by atoms with Gasteiger partial charge in [0.05, 0.1) is 18.2 Å². The number of hydrogen-bond acceptors (Lipinski definition) is 25. The van der Waals surface area contributed by atoms with Gasteiger partial charge in [-0.05, 0) is 59.7 Å². The fourth-order valence-corrected chi connectivity index (χ4v) is 8.22. The smallest absolute Gasteiger partial charge is 0.402 e. The Morgan fingerprint density at radius 2 is 1.04 bits per heavy atom. The average Bonchev–Trinajstić information content (AvgIpc) is 3.41. The number of phenols is 6. The van der Waals surface area contributed by atoms with Crippen molar-refractivity contribution in [1.82, 2.24) is 0 Å². The van der Waals surface area contributed by atoms with Crippen LogP contribution in [0.4, 0.5) is 0 Å². The molecule has 4 heterocycles. The van der Waals surface area contributed by atoms with Gasteiger partial charge in [-0.2, -0.15) is 0 Å². The largest absolute Gasteiger partial charge is 0.508 e. The lowest BCUT2D eigenvalue weighted by molar-refractivity contribution is -0.358. The summed E-state index contributed by atoms with van der Waals surface area (Å²) in [6, 6.07) is 16.1. The van der Waals surface area contributed by atoms with Crippen LogP contribution in [0.3, 0.4) is 0 Å². The molecule has 0 unspecified atom stereocenters. The number of aliphatic hydroxyl groups excluding tert-OH is 9. The number of rotatable bonds is 16. The van der Waals surface area contributed by atoms with Crippen molar-refractivity contribution in [3.8, 4) is 57.3 Å². The summed E-state index contributed by atoms with van der Waals surface area (Å²) in [4.78, 5) is 25.6. The van der Waals surface area contributed by atoms with E-state index >= 15 is 0 Å². The summed E-state index contributed by atoms with van der Waals surface area (Å²) in [5, 5.41) is 158. The molecule has 8 rings (SSSR count). The van der Waals surface area contributed by atoms with E-state index in [0.29, 0.717) is 5.56 Å². The standard InChI is InChI=1S/C51H52O26/c52-18-34-39(61)42(64)45(67)49(74-34)72-32-16-25(54)15-31-26(32)17-33(47(71-31)23-6-10-28(56)30(58)14-23)73-51-48(44(66)41(63)36(76-51)20-70-38(60)12-5-22-3-9-27(55)29(57)13-22)77-50-46(68)43(65)40(62)35(75-50)19-69-37(59)11-4-21-1-7-24(53)8-2-21/h1-17,34-36,39-46,48-52,61-68H,18-20H2,(H5-,53,54,55,56,57,58,59,60)/p+1/t34-,35+,36-,39+,40+,41+,42-,43-,44-,45+,46+,48-,49+,50-,51+/m0/s1. The number of ether oxygens (including phenoxy) is 8. The Labute approximate surface area is 434 Å². The fraction of sp³-hybridized carbons (Fsp3) is 0.353. The zero-order chi connectivity index (χ0) is 55.4. The second kappa shape index (κ2) is 23.9. The molecule has 0 spiro atoms. The molecule has 5 aromatic rings. The monoisotopic (exact) mass is 1080 g/mol.